The number of rotatable bonds is 5. The quantitative estimate of drug-likeness (QED) is 0.740. The van der Waals surface area contributed by atoms with Crippen molar-refractivity contribution in [3.8, 4) is 0 Å². The summed E-state index contributed by atoms with van der Waals surface area (Å²) in [6, 6.07) is -0.493. The molecule has 100 valence electrons. The minimum atomic E-state index is -2.87. The predicted octanol–water partition coefficient (Wildman–Crippen LogP) is 0.197. The van der Waals surface area contributed by atoms with Crippen LogP contribution in [0.2, 0.25) is 0 Å². The minimum absolute atomic E-state index is 0.0290. The van der Waals surface area contributed by atoms with E-state index in [9.17, 15) is 13.2 Å². The van der Waals surface area contributed by atoms with Gasteiger partial charge in [0.1, 0.15) is 9.84 Å². The van der Waals surface area contributed by atoms with Crippen molar-refractivity contribution >= 4 is 15.7 Å². The molecule has 0 unspecified atom stereocenters. The molecule has 1 saturated heterocycles. The smallest absolute Gasteiger partial charge is 0.237 e. The Kier molecular flexibility index (Phi) is 5.39. The maximum Gasteiger partial charge on any atom is 0.237 e. The van der Waals surface area contributed by atoms with Crippen LogP contribution in [0.15, 0.2) is 0 Å². The number of carbonyl (C=O) groups excluding carboxylic acids is 1. The number of amides is 1. The Morgan fingerprint density at radius 3 is 2.53 bits per heavy atom. The summed E-state index contributed by atoms with van der Waals surface area (Å²) in [5, 5.41) is 2.84. The lowest BCUT2D eigenvalue weighted by Crippen LogP contribution is -2.47. The molecule has 1 rings (SSSR count). The second-order valence-electron chi connectivity index (χ2n) is 4.68. The maximum atomic E-state index is 11.7. The Balaban J connectivity index is 2.32. The van der Waals surface area contributed by atoms with Crippen LogP contribution in [-0.2, 0) is 14.6 Å². The monoisotopic (exact) mass is 262 g/mol. The van der Waals surface area contributed by atoms with Crippen molar-refractivity contribution in [2.24, 2.45) is 5.73 Å². The molecule has 0 aromatic heterocycles. The first kappa shape index (κ1) is 14.4. The third kappa shape index (κ3) is 5.04. The van der Waals surface area contributed by atoms with Gasteiger partial charge in [-0.3, -0.25) is 4.79 Å². The molecule has 0 radical (unpaired) electrons. The summed E-state index contributed by atoms with van der Waals surface area (Å²) in [5.74, 6) is 0.187. The van der Waals surface area contributed by atoms with Crippen LogP contribution in [0, 0.1) is 0 Å². The number of hydrogen-bond acceptors (Lipinski definition) is 4. The molecular formula is C11H22N2O3S. The van der Waals surface area contributed by atoms with Crippen LogP contribution >= 0.6 is 0 Å². The van der Waals surface area contributed by atoms with Crippen molar-refractivity contribution in [3.63, 3.8) is 0 Å². The molecule has 1 amide bonds. The van der Waals surface area contributed by atoms with E-state index in [2.05, 4.69) is 12.2 Å². The molecule has 0 spiro atoms. The zero-order chi connectivity index (χ0) is 12.9. The zero-order valence-electron chi connectivity index (χ0n) is 10.3. The molecule has 6 heteroatoms. The van der Waals surface area contributed by atoms with E-state index in [0.717, 1.165) is 12.8 Å². The average Bonchev–Trinajstić information content (AvgIpc) is 2.28. The molecule has 0 aromatic carbocycles. The highest BCUT2D eigenvalue weighted by atomic mass is 32.2. The summed E-state index contributed by atoms with van der Waals surface area (Å²) in [4.78, 5) is 11.7. The maximum absolute atomic E-state index is 11.7. The van der Waals surface area contributed by atoms with Gasteiger partial charge in [0, 0.05) is 6.04 Å². The minimum Gasteiger partial charge on any atom is -0.352 e. The summed E-state index contributed by atoms with van der Waals surface area (Å²) in [7, 11) is -2.87. The molecule has 5 nitrogen and oxygen atoms in total. The van der Waals surface area contributed by atoms with Gasteiger partial charge in [0.25, 0.3) is 0 Å². The number of hydrogen-bond donors (Lipinski definition) is 2. The highest BCUT2D eigenvalue weighted by Crippen LogP contribution is 2.12. The molecule has 0 bridgehead atoms. The first-order valence-corrected chi connectivity index (χ1v) is 8.03. The van der Waals surface area contributed by atoms with E-state index >= 15 is 0 Å². The Bertz CT molecular complexity index is 340. The molecule has 1 atom stereocenters. The summed E-state index contributed by atoms with van der Waals surface area (Å²) >= 11 is 0. The van der Waals surface area contributed by atoms with Crippen molar-refractivity contribution in [1.82, 2.24) is 5.32 Å². The van der Waals surface area contributed by atoms with Gasteiger partial charge in [-0.25, -0.2) is 8.42 Å². The van der Waals surface area contributed by atoms with Crippen molar-refractivity contribution < 1.29 is 13.2 Å². The van der Waals surface area contributed by atoms with Crippen LogP contribution in [0.5, 0.6) is 0 Å². The first-order valence-electron chi connectivity index (χ1n) is 6.21. The SMILES string of the molecule is CCCC[C@H](N)C(=O)NC1CCS(=O)(=O)CC1. The van der Waals surface area contributed by atoms with Gasteiger partial charge in [0.05, 0.1) is 17.5 Å². The van der Waals surface area contributed by atoms with Gasteiger partial charge in [0.15, 0.2) is 0 Å². The average molecular weight is 262 g/mol. The van der Waals surface area contributed by atoms with E-state index in [4.69, 9.17) is 5.73 Å². The molecule has 1 aliphatic rings. The lowest BCUT2D eigenvalue weighted by Gasteiger charge is -2.24. The number of nitrogens with two attached hydrogens (primary N) is 1. The van der Waals surface area contributed by atoms with E-state index in [1.165, 1.54) is 0 Å². The van der Waals surface area contributed by atoms with E-state index in [0.29, 0.717) is 19.3 Å². The summed E-state index contributed by atoms with van der Waals surface area (Å²) in [6.45, 7) is 2.05. The summed E-state index contributed by atoms with van der Waals surface area (Å²) < 4.78 is 22.4. The molecule has 0 saturated carbocycles. The van der Waals surface area contributed by atoms with Gasteiger partial charge in [0.2, 0.25) is 5.91 Å². The topological polar surface area (TPSA) is 89.3 Å². The zero-order valence-corrected chi connectivity index (χ0v) is 11.1. The van der Waals surface area contributed by atoms with Gasteiger partial charge >= 0.3 is 0 Å². The molecule has 1 aliphatic heterocycles. The van der Waals surface area contributed by atoms with E-state index in [1.54, 1.807) is 0 Å². The lowest BCUT2D eigenvalue weighted by molar-refractivity contribution is -0.123. The van der Waals surface area contributed by atoms with Gasteiger partial charge < -0.3 is 11.1 Å². The standard InChI is InChI=1S/C11H22N2O3S/c1-2-3-4-10(12)11(14)13-9-5-7-17(15,16)8-6-9/h9-10H,2-8,12H2,1H3,(H,13,14)/t10-/m0/s1. The highest BCUT2D eigenvalue weighted by molar-refractivity contribution is 7.91. The fraction of sp³-hybridized carbons (Fsp3) is 0.909. The van der Waals surface area contributed by atoms with Crippen molar-refractivity contribution in [2.75, 3.05) is 11.5 Å². The number of sulfone groups is 1. The molecule has 1 heterocycles. The normalized spacial score (nSPS) is 22.0. The highest BCUT2D eigenvalue weighted by Gasteiger charge is 2.25. The van der Waals surface area contributed by atoms with Crippen LogP contribution in [-0.4, -0.2) is 37.9 Å². The number of unbranched alkanes of at least 4 members (excludes halogenated alkanes) is 1. The fourth-order valence-corrected chi connectivity index (χ4v) is 3.39. The van der Waals surface area contributed by atoms with Gasteiger partial charge in [-0.1, -0.05) is 19.8 Å². The van der Waals surface area contributed by atoms with Crippen molar-refractivity contribution in [3.05, 3.63) is 0 Å². The largest absolute Gasteiger partial charge is 0.352 e. The first-order chi connectivity index (χ1) is 7.94. The molecule has 0 aromatic rings. The predicted molar refractivity (Wildman–Crippen MR) is 67.3 cm³/mol. The van der Waals surface area contributed by atoms with Gasteiger partial charge in [-0.05, 0) is 19.3 Å². The van der Waals surface area contributed by atoms with Crippen LogP contribution in [0.4, 0.5) is 0 Å². The molecule has 1 fully saturated rings. The van der Waals surface area contributed by atoms with Crippen LogP contribution in [0.1, 0.15) is 39.0 Å². The van der Waals surface area contributed by atoms with Crippen LogP contribution < -0.4 is 11.1 Å². The van der Waals surface area contributed by atoms with Crippen LogP contribution in [0.3, 0.4) is 0 Å². The Morgan fingerprint density at radius 2 is 2.00 bits per heavy atom. The lowest BCUT2D eigenvalue weighted by atomic mass is 10.1. The van der Waals surface area contributed by atoms with Gasteiger partial charge in [-0.15, -0.1) is 0 Å². The Morgan fingerprint density at radius 1 is 1.41 bits per heavy atom. The molecule has 0 aliphatic carbocycles. The van der Waals surface area contributed by atoms with Crippen molar-refractivity contribution in [2.45, 2.75) is 51.1 Å². The van der Waals surface area contributed by atoms with E-state index < -0.39 is 15.9 Å². The summed E-state index contributed by atoms with van der Waals surface area (Å²) in [5.41, 5.74) is 5.74. The second kappa shape index (κ2) is 6.35. The second-order valence-corrected chi connectivity index (χ2v) is 6.99. The van der Waals surface area contributed by atoms with Crippen LogP contribution in [0.25, 0.3) is 0 Å². The third-order valence-electron chi connectivity index (χ3n) is 3.11. The molecule has 17 heavy (non-hydrogen) atoms. The van der Waals surface area contributed by atoms with E-state index in [1.807, 2.05) is 0 Å². The Labute approximate surface area is 103 Å². The third-order valence-corrected chi connectivity index (χ3v) is 4.82. The molecule has 3 N–H and O–H groups in total. The summed E-state index contributed by atoms with van der Waals surface area (Å²) in [6.07, 6.45) is 3.66. The fourth-order valence-electron chi connectivity index (χ4n) is 1.90. The van der Waals surface area contributed by atoms with Gasteiger partial charge in [-0.2, -0.15) is 0 Å². The number of nitrogens with one attached hydrogen (secondary N) is 1. The molecular weight excluding hydrogens is 240 g/mol. The van der Waals surface area contributed by atoms with E-state index in [-0.39, 0.29) is 23.5 Å². The van der Waals surface area contributed by atoms with Crippen molar-refractivity contribution in [1.29, 1.82) is 0 Å². The number of carbonyl (C=O) groups is 1. The Hall–Kier alpha value is -0.620.